The minimum absolute atomic E-state index is 0.0188. The maximum atomic E-state index is 13.2. The smallest absolute Gasteiger partial charge is 0.416 e. The van der Waals surface area contributed by atoms with Crippen LogP contribution in [0.5, 0.6) is 5.88 Å². The molecule has 2 aromatic rings. The molecule has 1 aromatic carbocycles. The summed E-state index contributed by atoms with van der Waals surface area (Å²) in [5, 5.41) is 14.3. The van der Waals surface area contributed by atoms with Gasteiger partial charge in [-0.2, -0.15) is 18.2 Å². The number of alkyl halides is 3. The molecule has 12 heteroatoms. The second-order valence-electron chi connectivity index (χ2n) is 8.55. The number of nitrogens with one attached hydrogen (secondary N) is 2. The lowest BCUT2D eigenvalue weighted by Crippen LogP contribution is -2.39. The van der Waals surface area contributed by atoms with Gasteiger partial charge in [-0.1, -0.05) is 12.1 Å². The van der Waals surface area contributed by atoms with E-state index in [2.05, 4.69) is 25.5 Å². The number of morpholine rings is 1. The average Bonchev–Trinajstić information content (AvgIpc) is 2.85. The van der Waals surface area contributed by atoms with Crippen molar-refractivity contribution < 1.29 is 32.5 Å². The van der Waals surface area contributed by atoms with Crippen LogP contribution < -0.4 is 15.4 Å². The second-order valence-corrected chi connectivity index (χ2v) is 8.55. The number of carbonyl (C=O) groups is 1. The molecule has 3 N–H and O–H groups in total. The zero-order valence-electron chi connectivity index (χ0n) is 19.5. The zero-order valence-corrected chi connectivity index (χ0v) is 19.5. The number of aliphatic hydroxyl groups is 1. The molecule has 0 radical (unpaired) electrons. The van der Waals surface area contributed by atoms with Gasteiger partial charge in [0.15, 0.2) is 0 Å². The fourth-order valence-corrected chi connectivity index (χ4v) is 4.04. The minimum Gasteiger partial charge on any atom is -0.470 e. The molecule has 0 spiro atoms. The van der Waals surface area contributed by atoms with Crippen LogP contribution in [0.3, 0.4) is 0 Å². The van der Waals surface area contributed by atoms with Crippen molar-refractivity contribution in [1.82, 2.24) is 20.2 Å². The molecule has 2 heterocycles. The van der Waals surface area contributed by atoms with Gasteiger partial charge >= 0.3 is 12.2 Å². The highest BCUT2D eigenvalue weighted by atomic mass is 19.4. The fraction of sp³-hybridized carbons (Fsp3) is 0.458. The van der Waals surface area contributed by atoms with Gasteiger partial charge in [0.2, 0.25) is 5.88 Å². The minimum atomic E-state index is -4.64. The fourth-order valence-electron chi connectivity index (χ4n) is 4.04. The number of anilines is 1. The van der Waals surface area contributed by atoms with E-state index >= 15 is 0 Å². The number of urea groups is 1. The third kappa shape index (κ3) is 7.15. The number of ether oxygens (including phenoxy) is 2. The SMILES string of the molecule is O=C(Nc1ccc(CO)c(C(F)(F)F)c1)N[C@@H]1C=C[C@@H](Oc2ccnc(CN3CCOCC3)n2)CC1. The van der Waals surface area contributed by atoms with Crippen LogP contribution in [0.25, 0.3) is 0 Å². The molecule has 0 unspecified atom stereocenters. The Morgan fingerprint density at radius 2 is 2.00 bits per heavy atom. The van der Waals surface area contributed by atoms with E-state index in [9.17, 15) is 18.0 Å². The first-order valence-electron chi connectivity index (χ1n) is 11.7. The summed E-state index contributed by atoms with van der Waals surface area (Å²) < 4.78 is 50.8. The quantitative estimate of drug-likeness (QED) is 0.494. The Morgan fingerprint density at radius 1 is 1.19 bits per heavy atom. The number of nitrogens with zero attached hydrogens (tertiary/aromatic N) is 3. The van der Waals surface area contributed by atoms with Gasteiger partial charge in [-0.05, 0) is 36.6 Å². The molecule has 0 bridgehead atoms. The van der Waals surface area contributed by atoms with Crippen molar-refractivity contribution in [2.24, 2.45) is 0 Å². The Bertz CT molecular complexity index is 1080. The molecule has 2 aliphatic rings. The van der Waals surface area contributed by atoms with Gasteiger partial charge in [0.05, 0.1) is 31.9 Å². The van der Waals surface area contributed by atoms with Crippen molar-refractivity contribution in [1.29, 1.82) is 0 Å². The number of aliphatic hydroxyl groups excluding tert-OH is 1. The largest absolute Gasteiger partial charge is 0.470 e. The van der Waals surface area contributed by atoms with Gasteiger partial charge in [0.1, 0.15) is 11.9 Å². The third-order valence-corrected chi connectivity index (χ3v) is 5.90. The number of carbonyl (C=O) groups excluding carboxylic acids is 1. The van der Waals surface area contributed by atoms with Crippen LogP contribution in [-0.2, 0) is 24.1 Å². The van der Waals surface area contributed by atoms with E-state index in [1.165, 1.54) is 6.07 Å². The Kier molecular flexibility index (Phi) is 8.39. The number of aromatic nitrogens is 2. The normalized spacial score (nSPS) is 20.7. The van der Waals surface area contributed by atoms with E-state index in [1.54, 1.807) is 18.3 Å². The molecule has 1 aliphatic heterocycles. The van der Waals surface area contributed by atoms with Crippen molar-refractivity contribution in [2.45, 2.75) is 44.3 Å². The molecular weight excluding hydrogens is 479 g/mol. The first-order chi connectivity index (χ1) is 17.3. The molecule has 1 saturated heterocycles. The molecule has 2 atom stereocenters. The summed E-state index contributed by atoms with van der Waals surface area (Å²) in [7, 11) is 0. The van der Waals surface area contributed by atoms with Crippen molar-refractivity contribution >= 4 is 11.7 Å². The first kappa shape index (κ1) is 25.9. The van der Waals surface area contributed by atoms with Crippen LogP contribution in [-0.4, -0.2) is 64.5 Å². The number of hydrogen-bond acceptors (Lipinski definition) is 7. The zero-order chi connectivity index (χ0) is 25.5. The van der Waals surface area contributed by atoms with Crippen LogP contribution in [0.15, 0.2) is 42.6 Å². The number of benzene rings is 1. The summed E-state index contributed by atoms with van der Waals surface area (Å²) in [6, 6.07) is 4.03. The molecule has 1 aromatic heterocycles. The molecule has 1 fully saturated rings. The maximum Gasteiger partial charge on any atom is 0.416 e. The summed E-state index contributed by atoms with van der Waals surface area (Å²) in [5.41, 5.74) is -1.26. The van der Waals surface area contributed by atoms with Gasteiger partial charge in [0, 0.05) is 37.1 Å². The van der Waals surface area contributed by atoms with Gasteiger partial charge in [0.25, 0.3) is 0 Å². The summed E-state index contributed by atoms with van der Waals surface area (Å²) in [6.45, 7) is 2.93. The summed E-state index contributed by atoms with van der Waals surface area (Å²) in [6.07, 6.45) is 1.62. The van der Waals surface area contributed by atoms with Crippen LogP contribution in [0.2, 0.25) is 0 Å². The van der Waals surface area contributed by atoms with Crippen LogP contribution in [0.4, 0.5) is 23.7 Å². The van der Waals surface area contributed by atoms with E-state index in [-0.39, 0.29) is 23.4 Å². The third-order valence-electron chi connectivity index (χ3n) is 5.90. The Morgan fingerprint density at radius 3 is 2.69 bits per heavy atom. The van der Waals surface area contributed by atoms with E-state index in [4.69, 9.17) is 14.6 Å². The second kappa shape index (κ2) is 11.7. The van der Waals surface area contributed by atoms with Crippen LogP contribution >= 0.6 is 0 Å². The van der Waals surface area contributed by atoms with Crippen molar-refractivity contribution in [3.63, 3.8) is 0 Å². The molecule has 4 rings (SSSR count). The highest BCUT2D eigenvalue weighted by Crippen LogP contribution is 2.34. The lowest BCUT2D eigenvalue weighted by Gasteiger charge is -2.26. The van der Waals surface area contributed by atoms with E-state index in [0.717, 1.165) is 25.2 Å². The van der Waals surface area contributed by atoms with Crippen molar-refractivity contribution in [3.8, 4) is 5.88 Å². The standard InChI is InChI=1S/C24H28F3N5O4/c25-24(26,27)20-13-18(2-1-16(20)15-33)30-23(34)29-17-3-5-19(6-4-17)36-22-7-8-28-21(31-22)14-32-9-11-35-12-10-32/h1-3,5,7-8,13,17,19,33H,4,6,9-12,14-15H2,(H2,29,30,34)/t17-,19-/m1/s1. The molecule has 2 amide bonds. The van der Waals surface area contributed by atoms with Crippen LogP contribution in [0.1, 0.15) is 29.8 Å². The summed E-state index contributed by atoms with van der Waals surface area (Å²) in [5.74, 6) is 1.14. The highest BCUT2D eigenvalue weighted by Gasteiger charge is 2.33. The Hall–Kier alpha value is -3.22. The topological polar surface area (TPSA) is 109 Å². The van der Waals surface area contributed by atoms with Crippen LogP contribution in [0, 0.1) is 0 Å². The lowest BCUT2D eigenvalue weighted by atomic mass is 10.0. The monoisotopic (exact) mass is 507 g/mol. The summed E-state index contributed by atoms with van der Waals surface area (Å²) >= 11 is 0. The van der Waals surface area contributed by atoms with Crippen molar-refractivity contribution in [3.05, 3.63) is 59.6 Å². The average molecular weight is 508 g/mol. The number of hydrogen-bond donors (Lipinski definition) is 3. The lowest BCUT2D eigenvalue weighted by molar-refractivity contribution is -0.138. The van der Waals surface area contributed by atoms with Crippen molar-refractivity contribution in [2.75, 3.05) is 31.6 Å². The maximum absolute atomic E-state index is 13.2. The number of halogens is 3. The van der Waals surface area contributed by atoms with Gasteiger partial charge < -0.3 is 25.2 Å². The molecular formula is C24H28F3N5O4. The highest BCUT2D eigenvalue weighted by molar-refractivity contribution is 5.89. The van der Waals surface area contributed by atoms with Gasteiger partial charge in [-0.3, -0.25) is 4.90 Å². The molecule has 194 valence electrons. The molecule has 9 nitrogen and oxygen atoms in total. The molecule has 1 aliphatic carbocycles. The van der Waals surface area contributed by atoms with E-state index in [1.807, 2.05) is 6.08 Å². The Balaban J connectivity index is 1.28. The Labute approximate surface area is 206 Å². The van der Waals surface area contributed by atoms with Gasteiger partial charge in [-0.15, -0.1) is 0 Å². The predicted molar refractivity (Wildman–Crippen MR) is 124 cm³/mol. The predicted octanol–water partition coefficient (Wildman–Crippen LogP) is 3.11. The van der Waals surface area contributed by atoms with E-state index in [0.29, 0.717) is 44.3 Å². The van der Waals surface area contributed by atoms with E-state index < -0.39 is 24.4 Å². The van der Waals surface area contributed by atoms with Gasteiger partial charge in [-0.25, -0.2) is 9.78 Å². The first-order valence-corrected chi connectivity index (χ1v) is 11.7. The number of amides is 2. The molecule has 36 heavy (non-hydrogen) atoms. The summed E-state index contributed by atoms with van der Waals surface area (Å²) in [4.78, 5) is 23.3. The number of rotatable bonds is 7. The molecule has 0 saturated carbocycles.